The summed E-state index contributed by atoms with van der Waals surface area (Å²) in [5.74, 6) is -0.833. The number of carboxylic acids is 1. The van der Waals surface area contributed by atoms with Gasteiger partial charge in [0.1, 0.15) is 12.4 Å². The Labute approximate surface area is 160 Å². The Hall–Kier alpha value is -4.01. The predicted octanol–water partition coefficient (Wildman–Crippen LogP) is 2.57. The molecule has 0 aliphatic heterocycles. The fourth-order valence-electron chi connectivity index (χ4n) is 2.36. The van der Waals surface area contributed by atoms with Gasteiger partial charge in [0.05, 0.1) is 18.4 Å². The van der Waals surface area contributed by atoms with Crippen LogP contribution in [0.3, 0.4) is 0 Å². The molecule has 0 aliphatic rings. The number of rotatable bonds is 7. The summed E-state index contributed by atoms with van der Waals surface area (Å²) in [5.41, 5.74) is 2.44. The van der Waals surface area contributed by atoms with Crippen molar-refractivity contribution in [2.75, 3.05) is 24.3 Å². The monoisotopic (exact) mass is 379 g/mol. The van der Waals surface area contributed by atoms with E-state index in [4.69, 9.17) is 5.11 Å². The van der Waals surface area contributed by atoms with Crippen molar-refractivity contribution in [3.63, 3.8) is 0 Å². The average Bonchev–Trinajstić information content (AvgIpc) is 2.72. The highest BCUT2D eigenvalue weighted by atomic mass is 16.5. The minimum absolute atomic E-state index is 0.164. The van der Waals surface area contributed by atoms with Gasteiger partial charge in [-0.2, -0.15) is 4.98 Å². The average molecular weight is 379 g/mol. The number of hydrogen-bond acceptors (Lipinski definition) is 8. The second-order valence-corrected chi connectivity index (χ2v) is 5.64. The highest BCUT2D eigenvalue weighted by Gasteiger charge is 2.09. The maximum atomic E-state index is 11.5. The number of carbonyl (C=O) groups excluding carboxylic acids is 1. The summed E-state index contributed by atoms with van der Waals surface area (Å²) in [7, 11) is 1.32. The van der Waals surface area contributed by atoms with E-state index in [1.54, 1.807) is 48.8 Å². The van der Waals surface area contributed by atoms with E-state index in [1.807, 2.05) is 6.07 Å². The molecule has 2 heterocycles. The molecule has 0 atom stereocenters. The highest BCUT2D eigenvalue weighted by Crippen LogP contribution is 2.23. The number of aromatic nitrogens is 3. The molecule has 9 heteroatoms. The number of benzene rings is 1. The first-order valence-corrected chi connectivity index (χ1v) is 8.25. The summed E-state index contributed by atoms with van der Waals surface area (Å²) >= 11 is 0. The maximum Gasteiger partial charge on any atom is 0.337 e. The van der Waals surface area contributed by atoms with E-state index >= 15 is 0 Å². The van der Waals surface area contributed by atoms with E-state index in [9.17, 15) is 9.59 Å². The van der Waals surface area contributed by atoms with E-state index in [1.165, 1.54) is 7.11 Å². The number of carbonyl (C=O) groups is 2. The fourth-order valence-corrected chi connectivity index (χ4v) is 2.36. The van der Waals surface area contributed by atoms with Crippen LogP contribution in [0.5, 0.6) is 0 Å². The van der Waals surface area contributed by atoms with Crippen LogP contribution in [0.2, 0.25) is 0 Å². The lowest BCUT2D eigenvalue weighted by molar-refractivity contribution is -0.134. The number of aliphatic carboxylic acids is 1. The summed E-state index contributed by atoms with van der Waals surface area (Å²) in [4.78, 5) is 35.1. The third-order valence-corrected chi connectivity index (χ3v) is 3.66. The summed E-state index contributed by atoms with van der Waals surface area (Å²) < 4.78 is 4.68. The van der Waals surface area contributed by atoms with Crippen molar-refractivity contribution in [1.82, 2.24) is 15.0 Å². The molecule has 2 aromatic heterocycles. The molecular formula is C19H17N5O4. The number of carboxylic acid groups (broad SMARTS) is 1. The Kier molecular flexibility index (Phi) is 5.75. The van der Waals surface area contributed by atoms with Gasteiger partial charge in [0.15, 0.2) is 0 Å². The first kappa shape index (κ1) is 18.8. The number of nitrogens with zero attached hydrogens (tertiary/aromatic N) is 3. The van der Waals surface area contributed by atoms with Crippen molar-refractivity contribution in [3.8, 4) is 11.3 Å². The zero-order valence-electron chi connectivity index (χ0n) is 14.9. The molecule has 9 nitrogen and oxygen atoms in total. The number of methoxy groups -OCH3 is 1. The Bertz CT molecular complexity index is 977. The minimum Gasteiger partial charge on any atom is -0.480 e. The van der Waals surface area contributed by atoms with Gasteiger partial charge >= 0.3 is 11.9 Å². The van der Waals surface area contributed by atoms with Gasteiger partial charge in [-0.3, -0.25) is 9.78 Å². The summed E-state index contributed by atoms with van der Waals surface area (Å²) in [6, 6.07) is 12.0. The van der Waals surface area contributed by atoms with Crippen molar-refractivity contribution in [2.24, 2.45) is 0 Å². The van der Waals surface area contributed by atoms with E-state index < -0.39 is 11.9 Å². The van der Waals surface area contributed by atoms with Gasteiger partial charge in [0.25, 0.3) is 0 Å². The van der Waals surface area contributed by atoms with Crippen LogP contribution in [0.15, 0.2) is 54.9 Å². The molecule has 0 unspecified atom stereocenters. The number of hydrogen-bond donors (Lipinski definition) is 3. The number of esters is 1. The van der Waals surface area contributed by atoms with Crippen LogP contribution in [0.1, 0.15) is 10.4 Å². The quantitative estimate of drug-likeness (QED) is 0.531. The number of ether oxygens (including phenoxy) is 1. The Morgan fingerprint density at radius 1 is 1.14 bits per heavy atom. The molecular weight excluding hydrogens is 362 g/mol. The van der Waals surface area contributed by atoms with Crippen LogP contribution in [-0.2, 0) is 9.53 Å². The standard InChI is InChI=1S/C19H17N5O4/c1-28-18(27)12-4-6-14(7-5-12)22-16-9-15(13-3-2-8-20-10-13)23-19(24-16)21-11-17(25)26/h2-10H,11H2,1H3,(H,25,26)(H2,21,22,23,24). The molecule has 3 aromatic rings. The van der Waals surface area contributed by atoms with E-state index in [2.05, 4.69) is 30.3 Å². The largest absolute Gasteiger partial charge is 0.480 e. The van der Waals surface area contributed by atoms with Crippen LogP contribution in [0.25, 0.3) is 11.3 Å². The van der Waals surface area contributed by atoms with Gasteiger partial charge in [-0.15, -0.1) is 0 Å². The molecule has 0 amide bonds. The molecule has 0 saturated heterocycles. The second-order valence-electron chi connectivity index (χ2n) is 5.64. The normalized spacial score (nSPS) is 10.2. The fraction of sp³-hybridized carbons (Fsp3) is 0.105. The summed E-state index contributed by atoms with van der Waals surface area (Å²) in [6.07, 6.45) is 3.30. The Morgan fingerprint density at radius 2 is 1.93 bits per heavy atom. The van der Waals surface area contributed by atoms with Gasteiger partial charge in [0, 0.05) is 29.7 Å². The predicted molar refractivity (Wildman–Crippen MR) is 102 cm³/mol. The molecule has 0 fully saturated rings. The van der Waals surface area contributed by atoms with E-state index in [-0.39, 0.29) is 12.5 Å². The summed E-state index contributed by atoms with van der Waals surface area (Å²) in [5, 5.41) is 14.7. The lowest BCUT2D eigenvalue weighted by Crippen LogP contribution is -2.15. The topological polar surface area (TPSA) is 126 Å². The molecule has 3 rings (SSSR count). The van der Waals surface area contributed by atoms with Crippen molar-refractivity contribution >= 4 is 29.4 Å². The lowest BCUT2D eigenvalue weighted by Gasteiger charge is -2.11. The maximum absolute atomic E-state index is 11.5. The summed E-state index contributed by atoms with van der Waals surface area (Å²) in [6.45, 7) is -0.316. The van der Waals surface area contributed by atoms with Crippen LogP contribution in [-0.4, -0.2) is 45.7 Å². The number of nitrogens with one attached hydrogen (secondary N) is 2. The number of anilines is 3. The minimum atomic E-state index is -1.02. The van der Waals surface area contributed by atoms with Crippen molar-refractivity contribution in [2.45, 2.75) is 0 Å². The molecule has 0 radical (unpaired) electrons. The molecule has 0 bridgehead atoms. The second kappa shape index (κ2) is 8.58. The van der Waals surface area contributed by atoms with Crippen molar-refractivity contribution in [3.05, 3.63) is 60.4 Å². The molecule has 0 saturated carbocycles. The molecule has 1 aromatic carbocycles. The first-order chi connectivity index (χ1) is 13.5. The van der Waals surface area contributed by atoms with E-state index in [0.29, 0.717) is 22.8 Å². The van der Waals surface area contributed by atoms with Gasteiger partial charge in [0.2, 0.25) is 5.95 Å². The van der Waals surface area contributed by atoms with Crippen LogP contribution in [0, 0.1) is 0 Å². The molecule has 28 heavy (non-hydrogen) atoms. The number of pyridine rings is 1. The van der Waals surface area contributed by atoms with Crippen LogP contribution >= 0.6 is 0 Å². The van der Waals surface area contributed by atoms with Gasteiger partial charge in [-0.25, -0.2) is 9.78 Å². The first-order valence-electron chi connectivity index (χ1n) is 8.25. The molecule has 142 valence electrons. The van der Waals surface area contributed by atoms with Gasteiger partial charge in [-0.05, 0) is 36.4 Å². The van der Waals surface area contributed by atoms with Gasteiger partial charge < -0.3 is 20.5 Å². The smallest absolute Gasteiger partial charge is 0.337 e. The Balaban J connectivity index is 1.89. The third-order valence-electron chi connectivity index (χ3n) is 3.66. The van der Waals surface area contributed by atoms with E-state index in [0.717, 1.165) is 5.56 Å². The lowest BCUT2D eigenvalue weighted by atomic mass is 10.2. The van der Waals surface area contributed by atoms with Crippen molar-refractivity contribution < 1.29 is 19.4 Å². The molecule has 0 spiro atoms. The molecule has 3 N–H and O–H groups in total. The van der Waals surface area contributed by atoms with Gasteiger partial charge in [-0.1, -0.05) is 0 Å². The Morgan fingerprint density at radius 3 is 2.57 bits per heavy atom. The third kappa shape index (κ3) is 4.79. The zero-order valence-corrected chi connectivity index (χ0v) is 14.9. The zero-order chi connectivity index (χ0) is 19.9. The van der Waals surface area contributed by atoms with Crippen molar-refractivity contribution in [1.29, 1.82) is 0 Å². The SMILES string of the molecule is COC(=O)c1ccc(Nc2cc(-c3cccnc3)nc(NCC(=O)O)n2)cc1. The van der Waals surface area contributed by atoms with Crippen LogP contribution in [0.4, 0.5) is 17.5 Å². The highest BCUT2D eigenvalue weighted by molar-refractivity contribution is 5.89. The van der Waals surface area contributed by atoms with Crippen LogP contribution < -0.4 is 10.6 Å². The molecule has 0 aliphatic carbocycles.